The summed E-state index contributed by atoms with van der Waals surface area (Å²) < 4.78 is 1.82. The summed E-state index contributed by atoms with van der Waals surface area (Å²) in [6.07, 6.45) is 1.74. The third-order valence-electron chi connectivity index (χ3n) is 3.66. The molecule has 1 N–H and O–H groups in total. The number of thiophene rings is 1. The molecule has 25 heavy (non-hydrogen) atoms. The van der Waals surface area contributed by atoms with Gasteiger partial charge < -0.3 is 0 Å². The number of carbonyl (C=O) groups excluding carboxylic acids is 1. The van der Waals surface area contributed by atoms with Crippen LogP contribution in [0.4, 0.5) is 5.13 Å². The van der Waals surface area contributed by atoms with E-state index in [1.807, 2.05) is 48.9 Å². The van der Waals surface area contributed by atoms with Crippen molar-refractivity contribution < 1.29 is 4.79 Å². The molecule has 0 fully saturated rings. The minimum Gasteiger partial charge on any atom is -0.297 e. The average molecular weight is 389 g/mol. The molecule has 8 heteroatoms. The van der Waals surface area contributed by atoms with E-state index in [2.05, 4.69) is 15.4 Å². The van der Waals surface area contributed by atoms with E-state index in [1.54, 1.807) is 6.20 Å². The topological polar surface area (TPSA) is 59.8 Å². The normalized spacial score (nSPS) is 11.2. The average Bonchev–Trinajstić information content (AvgIpc) is 3.25. The Morgan fingerprint density at radius 3 is 2.80 bits per heavy atom. The second-order valence-corrected chi connectivity index (χ2v) is 8.24. The number of thiazole rings is 1. The highest BCUT2D eigenvalue weighted by molar-refractivity contribution is 7.20. The van der Waals surface area contributed by atoms with Gasteiger partial charge in [0.05, 0.1) is 16.3 Å². The number of nitrogens with one attached hydrogen (secondary N) is 1. The van der Waals surface area contributed by atoms with Crippen LogP contribution in [0.2, 0.25) is 5.02 Å². The number of aryl methyl sites for hydroxylation is 2. The minimum absolute atomic E-state index is 0.160. The molecule has 0 aliphatic heterocycles. The molecule has 0 atom stereocenters. The van der Waals surface area contributed by atoms with Gasteiger partial charge in [-0.2, -0.15) is 5.10 Å². The van der Waals surface area contributed by atoms with Gasteiger partial charge in [0.25, 0.3) is 5.91 Å². The molecule has 3 heterocycles. The quantitative estimate of drug-likeness (QED) is 0.533. The number of aromatic nitrogens is 3. The lowest BCUT2D eigenvalue weighted by atomic mass is 10.3. The van der Waals surface area contributed by atoms with Crippen molar-refractivity contribution >= 4 is 55.5 Å². The molecular weight excluding hydrogens is 376 g/mol. The summed E-state index contributed by atoms with van der Waals surface area (Å²) in [6, 6.07) is 9.37. The summed E-state index contributed by atoms with van der Waals surface area (Å²) in [6.45, 7) is 3.89. The Kier molecular flexibility index (Phi) is 4.07. The fraction of sp³-hybridized carbons (Fsp3) is 0.118. The van der Waals surface area contributed by atoms with Gasteiger partial charge in [-0.3, -0.25) is 10.1 Å². The summed E-state index contributed by atoms with van der Waals surface area (Å²) in [5, 5.41) is 9.63. The molecule has 0 bridgehead atoms. The van der Waals surface area contributed by atoms with E-state index in [0.29, 0.717) is 15.0 Å². The van der Waals surface area contributed by atoms with Crippen molar-refractivity contribution in [1.29, 1.82) is 0 Å². The molecule has 126 valence electrons. The van der Waals surface area contributed by atoms with Crippen molar-refractivity contribution in [3.05, 3.63) is 57.0 Å². The van der Waals surface area contributed by atoms with E-state index in [0.717, 1.165) is 26.5 Å². The van der Waals surface area contributed by atoms with Crippen LogP contribution in [0.3, 0.4) is 0 Å². The van der Waals surface area contributed by atoms with Crippen LogP contribution in [0.5, 0.6) is 0 Å². The van der Waals surface area contributed by atoms with Crippen LogP contribution in [-0.2, 0) is 0 Å². The van der Waals surface area contributed by atoms with Crippen molar-refractivity contribution in [3.8, 4) is 5.69 Å². The van der Waals surface area contributed by atoms with Crippen molar-refractivity contribution in [1.82, 2.24) is 14.8 Å². The predicted octanol–water partition coefficient (Wildman–Crippen LogP) is 5.07. The van der Waals surface area contributed by atoms with Crippen LogP contribution >= 0.6 is 34.3 Å². The summed E-state index contributed by atoms with van der Waals surface area (Å²) in [4.78, 5) is 19.3. The van der Waals surface area contributed by atoms with E-state index < -0.39 is 0 Å². The highest BCUT2D eigenvalue weighted by atomic mass is 35.5. The number of halogens is 1. The molecule has 0 aliphatic rings. The molecule has 5 nitrogen and oxygen atoms in total. The zero-order valence-electron chi connectivity index (χ0n) is 13.4. The second kappa shape index (κ2) is 6.25. The zero-order chi connectivity index (χ0) is 17.6. The molecular formula is C17H13ClN4OS2. The van der Waals surface area contributed by atoms with E-state index in [1.165, 1.54) is 22.7 Å². The number of hydrogen-bond donors (Lipinski definition) is 1. The SMILES string of the molecule is Cc1cnc(NC(=O)c2cc3c(C)nn(-c4cccc(Cl)c4)c3s2)s1. The van der Waals surface area contributed by atoms with Gasteiger partial charge in [0.15, 0.2) is 5.13 Å². The number of fused-ring (bicyclic) bond motifs is 1. The first-order valence-electron chi connectivity index (χ1n) is 7.50. The van der Waals surface area contributed by atoms with Crippen LogP contribution in [0.15, 0.2) is 36.5 Å². The Bertz CT molecular complexity index is 1100. The first-order valence-corrected chi connectivity index (χ1v) is 9.51. The van der Waals surface area contributed by atoms with Crippen molar-refractivity contribution in [2.45, 2.75) is 13.8 Å². The Hall–Kier alpha value is -2.22. The van der Waals surface area contributed by atoms with Gasteiger partial charge in [-0.25, -0.2) is 9.67 Å². The maximum Gasteiger partial charge on any atom is 0.267 e. The molecule has 0 spiro atoms. The van der Waals surface area contributed by atoms with Gasteiger partial charge >= 0.3 is 0 Å². The zero-order valence-corrected chi connectivity index (χ0v) is 15.8. The largest absolute Gasteiger partial charge is 0.297 e. The standard InChI is InChI=1S/C17H13ClN4OS2/c1-9-8-19-17(24-9)20-15(23)14-7-13-10(2)21-22(16(13)25-14)12-5-3-4-11(18)6-12/h3-8H,1-2H3,(H,19,20,23). The predicted molar refractivity (Wildman–Crippen MR) is 103 cm³/mol. The fourth-order valence-corrected chi connectivity index (χ4v) is 4.44. The van der Waals surface area contributed by atoms with Gasteiger partial charge in [-0.1, -0.05) is 17.7 Å². The van der Waals surface area contributed by atoms with E-state index >= 15 is 0 Å². The number of rotatable bonds is 3. The van der Waals surface area contributed by atoms with Crippen molar-refractivity contribution in [2.24, 2.45) is 0 Å². The fourth-order valence-electron chi connectivity index (χ4n) is 2.51. The molecule has 0 aliphatic carbocycles. The highest BCUT2D eigenvalue weighted by Gasteiger charge is 2.18. The lowest BCUT2D eigenvalue weighted by Gasteiger charge is -2.02. The van der Waals surface area contributed by atoms with Gasteiger partial charge in [-0.05, 0) is 38.1 Å². The summed E-state index contributed by atoms with van der Waals surface area (Å²) in [7, 11) is 0. The monoisotopic (exact) mass is 388 g/mol. The van der Waals surface area contributed by atoms with Crippen LogP contribution in [-0.4, -0.2) is 20.7 Å². The van der Waals surface area contributed by atoms with Gasteiger partial charge in [0.2, 0.25) is 0 Å². The highest BCUT2D eigenvalue weighted by Crippen LogP contribution is 2.31. The minimum atomic E-state index is -0.160. The Labute approximate surface area is 156 Å². The number of nitrogens with zero attached hydrogens (tertiary/aromatic N) is 3. The molecule has 0 saturated heterocycles. The van der Waals surface area contributed by atoms with Crippen LogP contribution in [0.1, 0.15) is 20.2 Å². The van der Waals surface area contributed by atoms with E-state index in [4.69, 9.17) is 11.6 Å². The number of amides is 1. The van der Waals surface area contributed by atoms with Crippen LogP contribution in [0.25, 0.3) is 15.9 Å². The van der Waals surface area contributed by atoms with Crippen molar-refractivity contribution in [3.63, 3.8) is 0 Å². The van der Waals surface area contributed by atoms with Gasteiger partial charge in [0.1, 0.15) is 4.83 Å². The number of carbonyl (C=O) groups is 1. The van der Waals surface area contributed by atoms with Gasteiger partial charge in [-0.15, -0.1) is 22.7 Å². The van der Waals surface area contributed by atoms with Crippen LogP contribution < -0.4 is 5.32 Å². The van der Waals surface area contributed by atoms with Crippen LogP contribution in [0, 0.1) is 13.8 Å². The third kappa shape index (κ3) is 3.06. The molecule has 0 radical (unpaired) electrons. The molecule has 4 aromatic rings. The van der Waals surface area contributed by atoms with E-state index in [9.17, 15) is 4.79 Å². The molecule has 0 unspecified atom stereocenters. The lowest BCUT2D eigenvalue weighted by molar-refractivity contribution is 0.103. The molecule has 4 rings (SSSR count). The number of benzene rings is 1. The number of anilines is 1. The number of hydrogen-bond acceptors (Lipinski definition) is 5. The Balaban J connectivity index is 1.73. The Morgan fingerprint density at radius 2 is 2.08 bits per heavy atom. The molecule has 1 amide bonds. The first-order chi connectivity index (χ1) is 12.0. The van der Waals surface area contributed by atoms with Gasteiger partial charge in [0, 0.05) is 21.5 Å². The van der Waals surface area contributed by atoms with Crippen molar-refractivity contribution in [2.75, 3.05) is 5.32 Å². The Morgan fingerprint density at radius 1 is 1.24 bits per heavy atom. The first kappa shape index (κ1) is 16.3. The molecule has 3 aromatic heterocycles. The molecule has 0 saturated carbocycles. The third-order valence-corrected chi connectivity index (χ3v) is 5.84. The smallest absolute Gasteiger partial charge is 0.267 e. The lowest BCUT2D eigenvalue weighted by Crippen LogP contribution is -2.09. The van der Waals surface area contributed by atoms with E-state index in [-0.39, 0.29) is 5.91 Å². The molecule has 1 aromatic carbocycles. The summed E-state index contributed by atoms with van der Waals surface area (Å²) in [5.41, 5.74) is 1.74. The second-order valence-electron chi connectivity index (χ2n) is 5.54. The summed E-state index contributed by atoms with van der Waals surface area (Å²) >= 11 is 8.95. The summed E-state index contributed by atoms with van der Waals surface area (Å²) in [5.74, 6) is -0.160. The maximum atomic E-state index is 12.5. The maximum absolute atomic E-state index is 12.5.